The molecule has 32 heavy (non-hydrogen) atoms. The molecular weight excluding hydrogens is 415 g/mol. The zero-order valence-corrected chi connectivity index (χ0v) is 17.4. The van der Waals surface area contributed by atoms with E-state index in [0.29, 0.717) is 22.4 Å². The van der Waals surface area contributed by atoms with E-state index in [2.05, 4.69) is 42.4 Å². The lowest BCUT2D eigenvalue weighted by Crippen LogP contribution is -2.56. The van der Waals surface area contributed by atoms with Crippen LogP contribution in [0.3, 0.4) is 0 Å². The maximum atomic E-state index is 14.7. The summed E-state index contributed by atoms with van der Waals surface area (Å²) >= 11 is 0. The molecule has 1 atom stereocenters. The van der Waals surface area contributed by atoms with Crippen molar-refractivity contribution < 1.29 is 8.81 Å². The number of aromatic nitrogens is 2. The standard InChI is InChI=1S/C21H23FN8O2/c1-29-6-8-30(9-7-29)18-5-3-14(11-24-18)26-19-25-12-17(22)21(23,28-19)13-2-4-16-15(10-13)27-20(31)32-16/h2-5,10-12H,6-9,23H2,1H3,(H,27,31)(H2,25,26,28). The van der Waals surface area contributed by atoms with Gasteiger partial charge in [-0.2, -0.15) is 0 Å². The molecule has 5 rings (SSSR count). The van der Waals surface area contributed by atoms with Crippen LogP contribution in [0.15, 0.2) is 62.8 Å². The molecule has 5 N–H and O–H groups in total. The number of halogens is 1. The number of aliphatic imine (C=N–C) groups is 1. The second kappa shape index (κ2) is 7.77. The van der Waals surface area contributed by atoms with Crippen LogP contribution in [0.4, 0.5) is 15.9 Å². The highest BCUT2D eigenvalue weighted by molar-refractivity contribution is 5.95. The van der Waals surface area contributed by atoms with Gasteiger partial charge in [-0.15, -0.1) is 0 Å². The fraction of sp³-hybridized carbons (Fsp3) is 0.286. The number of piperazine rings is 1. The lowest BCUT2D eigenvalue weighted by molar-refractivity contribution is 0.312. The van der Waals surface area contributed by atoms with Crippen LogP contribution in [0.5, 0.6) is 0 Å². The Balaban J connectivity index is 1.33. The molecule has 1 saturated heterocycles. The SMILES string of the molecule is CN1CCN(c2ccc(NC3=NC=C(F)C(N)(c4ccc5oc(=O)[nH]c5c4)N3)cn2)CC1. The number of aromatic amines is 1. The minimum atomic E-state index is -1.67. The minimum absolute atomic E-state index is 0.267. The van der Waals surface area contributed by atoms with Gasteiger partial charge in [0.25, 0.3) is 0 Å². The average molecular weight is 438 g/mol. The Morgan fingerprint density at radius 1 is 1.22 bits per heavy atom. The smallest absolute Gasteiger partial charge is 0.408 e. The predicted octanol–water partition coefficient (Wildman–Crippen LogP) is 1.26. The van der Waals surface area contributed by atoms with Crippen molar-refractivity contribution in [3.8, 4) is 0 Å². The van der Waals surface area contributed by atoms with Crippen LogP contribution in [-0.2, 0) is 5.66 Å². The van der Waals surface area contributed by atoms with Gasteiger partial charge >= 0.3 is 5.76 Å². The molecule has 0 saturated carbocycles. The molecule has 3 aromatic rings. The first-order valence-corrected chi connectivity index (χ1v) is 10.2. The predicted molar refractivity (Wildman–Crippen MR) is 120 cm³/mol. The van der Waals surface area contributed by atoms with E-state index in [-0.39, 0.29) is 5.96 Å². The zero-order chi connectivity index (χ0) is 22.3. The van der Waals surface area contributed by atoms with E-state index in [1.807, 2.05) is 12.1 Å². The number of pyridine rings is 1. The van der Waals surface area contributed by atoms with E-state index in [1.54, 1.807) is 24.4 Å². The van der Waals surface area contributed by atoms with Crippen LogP contribution in [0, 0.1) is 0 Å². The Bertz CT molecular complexity index is 1260. The molecule has 0 bridgehead atoms. The number of anilines is 2. The van der Waals surface area contributed by atoms with Crippen LogP contribution >= 0.6 is 0 Å². The maximum Gasteiger partial charge on any atom is 0.417 e. The lowest BCUT2D eigenvalue weighted by atomic mass is 9.98. The normalized spacial score (nSPS) is 21.8. The van der Waals surface area contributed by atoms with Crippen molar-refractivity contribution in [3.05, 3.63) is 64.7 Å². The fourth-order valence-corrected chi connectivity index (χ4v) is 3.79. The van der Waals surface area contributed by atoms with E-state index >= 15 is 0 Å². The molecule has 4 heterocycles. The number of oxazole rings is 1. The van der Waals surface area contributed by atoms with Gasteiger partial charge in [0.1, 0.15) is 5.82 Å². The molecule has 2 aromatic heterocycles. The van der Waals surface area contributed by atoms with Gasteiger partial charge in [-0.25, -0.2) is 19.2 Å². The minimum Gasteiger partial charge on any atom is -0.408 e. The summed E-state index contributed by atoms with van der Waals surface area (Å²) in [6.45, 7) is 3.85. The topological polar surface area (TPSA) is 128 Å². The quantitative estimate of drug-likeness (QED) is 0.481. The molecule has 2 aliphatic rings. The van der Waals surface area contributed by atoms with Gasteiger partial charge in [0.05, 0.1) is 23.6 Å². The van der Waals surface area contributed by atoms with Crippen LogP contribution < -0.4 is 27.0 Å². The van der Waals surface area contributed by atoms with E-state index in [4.69, 9.17) is 10.2 Å². The van der Waals surface area contributed by atoms with Crippen molar-refractivity contribution >= 4 is 28.6 Å². The zero-order valence-electron chi connectivity index (χ0n) is 17.4. The number of hydrogen-bond donors (Lipinski definition) is 4. The van der Waals surface area contributed by atoms with Crippen LogP contribution in [0.2, 0.25) is 0 Å². The third-order valence-corrected chi connectivity index (χ3v) is 5.71. The molecule has 2 aliphatic heterocycles. The summed E-state index contributed by atoms with van der Waals surface area (Å²) in [7, 11) is 2.11. The monoisotopic (exact) mass is 438 g/mol. The molecule has 11 heteroatoms. The fourth-order valence-electron chi connectivity index (χ4n) is 3.79. The highest BCUT2D eigenvalue weighted by Crippen LogP contribution is 2.29. The number of guanidine groups is 1. The summed E-state index contributed by atoms with van der Waals surface area (Å²) in [5, 5.41) is 5.99. The Labute approximate surface area is 182 Å². The van der Waals surface area contributed by atoms with E-state index in [0.717, 1.165) is 38.2 Å². The van der Waals surface area contributed by atoms with Crippen molar-refractivity contribution in [2.45, 2.75) is 5.66 Å². The Morgan fingerprint density at radius 3 is 2.78 bits per heavy atom. The van der Waals surface area contributed by atoms with Crippen molar-refractivity contribution in [1.29, 1.82) is 0 Å². The van der Waals surface area contributed by atoms with Crippen molar-refractivity contribution in [2.75, 3.05) is 43.4 Å². The van der Waals surface area contributed by atoms with Gasteiger partial charge in [-0.3, -0.25) is 10.7 Å². The molecule has 0 aliphatic carbocycles. The molecule has 10 nitrogen and oxygen atoms in total. The highest BCUT2D eigenvalue weighted by atomic mass is 19.1. The van der Waals surface area contributed by atoms with Gasteiger partial charge in [0, 0.05) is 31.7 Å². The molecule has 0 spiro atoms. The summed E-state index contributed by atoms with van der Waals surface area (Å²) < 4.78 is 19.7. The van der Waals surface area contributed by atoms with E-state index in [1.165, 1.54) is 0 Å². The Morgan fingerprint density at radius 2 is 2.03 bits per heavy atom. The van der Waals surface area contributed by atoms with Gasteiger partial charge < -0.3 is 24.9 Å². The van der Waals surface area contributed by atoms with Gasteiger partial charge in [-0.1, -0.05) is 6.07 Å². The molecular formula is C21H23FN8O2. The lowest BCUT2D eigenvalue weighted by Gasteiger charge is -2.34. The second-order valence-corrected chi connectivity index (χ2v) is 7.93. The van der Waals surface area contributed by atoms with Crippen molar-refractivity contribution in [2.24, 2.45) is 10.7 Å². The number of H-pyrrole nitrogens is 1. The highest BCUT2D eigenvalue weighted by Gasteiger charge is 2.37. The summed E-state index contributed by atoms with van der Waals surface area (Å²) in [5.74, 6) is -0.0865. The number of hydrogen-bond acceptors (Lipinski definition) is 9. The summed E-state index contributed by atoms with van der Waals surface area (Å²) in [4.78, 5) is 27.1. The van der Waals surface area contributed by atoms with Gasteiger partial charge in [-0.05, 0) is 31.3 Å². The van der Waals surface area contributed by atoms with Crippen LogP contribution in [-0.4, -0.2) is 54.1 Å². The van der Waals surface area contributed by atoms with E-state index in [9.17, 15) is 9.18 Å². The maximum absolute atomic E-state index is 14.7. The molecule has 1 fully saturated rings. The number of nitrogens with two attached hydrogens (primary N) is 1. The van der Waals surface area contributed by atoms with Gasteiger partial charge in [0.2, 0.25) is 5.96 Å². The van der Waals surface area contributed by atoms with Gasteiger partial charge in [0.15, 0.2) is 17.1 Å². The summed E-state index contributed by atoms with van der Waals surface area (Å²) in [5.41, 5.74) is 6.57. The number of rotatable bonds is 3. The average Bonchev–Trinajstić information content (AvgIpc) is 3.17. The summed E-state index contributed by atoms with van der Waals surface area (Å²) in [6.07, 6.45) is 2.76. The molecule has 0 amide bonds. The number of benzene rings is 1. The third kappa shape index (κ3) is 3.72. The first-order chi connectivity index (χ1) is 15.4. The molecule has 1 aromatic carbocycles. The van der Waals surface area contributed by atoms with Crippen LogP contribution in [0.25, 0.3) is 11.1 Å². The Kier molecular flexibility index (Phi) is 4.91. The number of nitrogens with zero attached hydrogens (tertiary/aromatic N) is 4. The number of likely N-dealkylation sites (N-methyl/N-ethyl adjacent to an activating group) is 1. The number of fused-ring (bicyclic) bond motifs is 1. The molecule has 1 unspecified atom stereocenters. The number of nitrogens with one attached hydrogen (secondary N) is 3. The third-order valence-electron chi connectivity index (χ3n) is 5.71. The van der Waals surface area contributed by atoms with E-state index < -0.39 is 17.2 Å². The van der Waals surface area contributed by atoms with Crippen molar-refractivity contribution in [3.63, 3.8) is 0 Å². The first kappa shape index (κ1) is 20.2. The molecule has 0 radical (unpaired) electrons. The largest absolute Gasteiger partial charge is 0.417 e. The van der Waals surface area contributed by atoms with Crippen molar-refractivity contribution in [1.82, 2.24) is 20.2 Å². The second-order valence-electron chi connectivity index (χ2n) is 7.93. The summed E-state index contributed by atoms with van der Waals surface area (Å²) in [6, 6.07) is 8.54. The first-order valence-electron chi connectivity index (χ1n) is 10.2. The molecule has 166 valence electrons. The van der Waals surface area contributed by atoms with Crippen LogP contribution in [0.1, 0.15) is 5.56 Å². The Hall–Kier alpha value is -3.70.